The summed E-state index contributed by atoms with van der Waals surface area (Å²) in [7, 11) is 0. The van der Waals surface area contributed by atoms with Crippen molar-refractivity contribution in [2.45, 2.75) is 20.3 Å². The average Bonchev–Trinajstić information content (AvgIpc) is 2.18. The van der Waals surface area contributed by atoms with Gasteiger partial charge in [0.05, 0.1) is 0 Å². The predicted octanol–water partition coefficient (Wildman–Crippen LogP) is 0.979. The fourth-order valence-electron chi connectivity index (χ4n) is 1.98. The number of hydrogen-bond donors (Lipinski definition) is 1. The first-order chi connectivity index (χ1) is 7.13. The van der Waals surface area contributed by atoms with E-state index >= 15 is 0 Å². The van der Waals surface area contributed by atoms with Gasteiger partial charge in [0, 0.05) is 45.7 Å². The lowest BCUT2D eigenvalue weighted by Crippen LogP contribution is -2.49. The van der Waals surface area contributed by atoms with Crippen molar-refractivity contribution < 1.29 is 4.79 Å². The highest BCUT2D eigenvalue weighted by molar-refractivity contribution is 5.85. The smallest absolute Gasteiger partial charge is 0.223 e. The van der Waals surface area contributed by atoms with Gasteiger partial charge >= 0.3 is 0 Å². The summed E-state index contributed by atoms with van der Waals surface area (Å²) in [6, 6.07) is 0. The first-order valence-electron chi connectivity index (χ1n) is 5.83. The number of piperazine rings is 1. The molecule has 0 spiro atoms. The molecule has 2 N–H and O–H groups in total. The van der Waals surface area contributed by atoms with Gasteiger partial charge in [0.15, 0.2) is 0 Å². The summed E-state index contributed by atoms with van der Waals surface area (Å²) in [6.07, 6.45) is 0.490. The Kier molecular flexibility index (Phi) is 11.3. The number of rotatable bonds is 4. The molecule has 1 fully saturated rings. The number of nitrogens with zero attached hydrogens (tertiary/aromatic N) is 2. The minimum absolute atomic E-state index is 0. The zero-order valence-electron chi connectivity index (χ0n) is 10.7. The topological polar surface area (TPSA) is 49.6 Å². The van der Waals surface area contributed by atoms with Crippen molar-refractivity contribution in [3.63, 3.8) is 0 Å². The number of carbonyl (C=O) groups excluding carboxylic acids is 1. The highest BCUT2D eigenvalue weighted by Gasteiger charge is 2.20. The van der Waals surface area contributed by atoms with Gasteiger partial charge in [0.2, 0.25) is 5.91 Å². The third kappa shape index (κ3) is 7.09. The van der Waals surface area contributed by atoms with E-state index in [9.17, 15) is 4.79 Å². The third-order valence-electron chi connectivity index (χ3n) is 2.71. The third-order valence-corrected chi connectivity index (χ3v) is 2.71. The second-order valence-electron chi connectivity index (χ2n) is 4.61. The lowest BCUT2D eigenvalue weighted by atomic mass is 10.2. The summed E-state index contributed by atoms with van der Waals surface area (Å²) < 4.78 is 0. The van der Waals surface area contributed by atoms with Crippen molar-refractivity contribution in [3.05, 3.63) is 0 Å². The summed E-state index contributed by atoms with van der Waals surface area (Å²) in [5, 5.41) is 0. The summed E-state index contributed by atoms with van der Waals surface area (Å²) in [5.74, 6) is 0.915. The van der Waals surface area contributed by atoms with Crippen molar-refractivity contribution in [2.24, 2.45) is 11.7 Å². The van der Waals surface area contributed by atoms with Crippen LogP contribution >= 0.6 is 24.8 Å². The molecule has 0 bridgehead atoms. The molecule has 1 saturated heterocycles. The lowest BCUT2D eigenvalue weighted by Gasteiger charge is -2.35. The number of carbonyl (C=O) groups is 1. The average molecular weight is 286 g/mol. The van der Waals surface area contributed by atoms with Crippen LogP contribution in [0.5, 0.6) is 0 Å². The number of nitrogens with two attached hydrogens (primary N) is 1. The largest absolute Gasteiger partial charge is 0.340 e. The highest BCUT2D eigenvalue weighted by Crippen LogP contribution is 2.06. The van der Waals surface area contributed by atoms with Gasteiger partial charge in [-0.3, -0.25) is 9.69 Å². The Morgan fingerprint density at radius 1 is 1.18 bits per heavy atom. The van der Waals surface area contributed by atoms with Crippen molar-refractivity contribution in [1.82, 2.24) is 9.80 Å². The molecule has 104 valence electrons. The van der Waals surface area contributed by atoms with Crippen LogP contribution in [0, 0.1) is 5.92 Å². The summed E-state index contributed by atoms with van der Waals surface area (Å²) in [4.78, 5) is 15.9. The summed E-state index contributed by atoms with van der Waals surface area (Å²) >= 11 is 0. The molecule has 1 rings (SSSR count). The van der Waals surface area contributed by atoms with E-state index in [0.717, 1.165) is 32.7 Å². The van der Waals surface area contributed by atoms with Crippen LogP contribution in [0.3, 0.4) is 0 Å². The Balaban J connectivity index is 0. The van der Waals surface area contributed by atoms with Gasteiger partial charge in [0.1, 0.15) is 0 Å². The zero-order chi connectivity index (χ0) is 11.3. The Bertz CT molecular complexity index is 207. The Hall–Kier alpha value is -0.0300. The van der Waals surface area contributed by atoms with Crippen molar-refractivity contribution >= 4 is 30.7 Å². The fourth-order valence-corrected chi connectivity index (χ4v) is 1.98. The van der Waals surface area contributed by atoms with E-state index in [0.29, 0.717) is 18.9 Å². The SMILES string of the molecule is CC(C)CN1CCN(C(=O)CCN)CC1.Cl.Cl. The van der Waals surface area contributed by atoms with E-state index < -0.39 is 0 Å². The van der Waals surface area contributed by atoms with E-state index in [1.807, 2.05) is 4.90 Å². The van der Waals surface area contributed by atoms with Gasteiger partial charge in [-0.15, -0.1) is 24.8 Å². The minimum atomic E-state index is 0. The van der Waals surface area contributed by atoms with Crippen molar-refractivity contribution in [3.8, 4) is 0 Å². The van der Waals surface area contributed by atoms with E-state index in [-0.39, 0.29) is 30.7 Å². The van der Waals surface area contributed by atoms with Crippen LogP contribution in [0.25, 0.3) is 0 Å². The second kappa shape index (κ2) is 9.95. The van der Waals surface area contributed by atoms with Crippen LogP contribution in [0.2, 0.25) is 0 Å². The molecule has 1 amide bonds. The normalized spacial score (nSPS) is 16.4. The van der Waals surface area contributed by atoms with Crippen LogP contribution < -0.4 is 5.73 Å². The molecule has 1 aliphatic heterocycles. The van der Waals surface area contributed by atoms with E-state index in [1.54, 1.807) is 0 Å². The van der Waals surface area contributed by atoms with Gasteiger partial charge < -0.3 is 10.6 Å². The van der Waals surface area contributed by atoms with Crippen LogP contribution in [0.15, 0.2) is 0 Å². The molecule has 0 aromatic heterocycles. The maximum atomic E-state index is 11.6. The molecular weight excluding hydrogens is 261 g/mol. The quantitative estimate of drug-likeness (QED) is 0.838. The van der Waals surface area contributed by atoms with E-state index in [1.165, 1.54) is 0 Å². The predicted molar refractivity (Wildman–Crippen MR) is 76.0 cm³/mol. The number of hydrogen-bond acceptors (Lipinski definition) is 3. The Labute approximate surface area is 117 Å². The van der Waals surface area contributed by atoms with Crippen LogP contribution in [0.1, 0.15) is 20.3 Å². The van der Waals surface area contributed by atoms with Gasteiger partial charge in [-0.05, 0) is 5.92 Å². The second-order valence-corrected chi connectivity index (χ2v) is 4.61. The van der Waals surface area contributed by atoms with Crippen LogP contribution in [-0.4, -0.2) is 55.0 Å². The molecule has 1 heterocycles. The molecule has 0 saturated carbocycles. The fraction of sp³-hybridized carbons (Fsp3) is 0.909. The maximum absolute atomic E-state index is 11.6. The monoisotopic (exact) mass is 285 g/mol. The molecule has 1 aliphatic rings. The van der Waals surface area contributed by atoms with E-state index in [2.05, 4.69) is 18.7 Å². The molecule has 0 atom stereocenters. The van der Waals surface area contributed by atoms with Gasteiger partial charge in [-0.25, -0.2) is 0 Å². The van der Waals surface area contributed by atoms with Gasteiger partial charge in [-0.2, -0.15) is 0 Å². The highest BCUT2D eigenvalue weighted by atomic mass is 35.5. The van der Waals surface area contributed by atoms with Crippen molar-refractivity contribution in [2.75, 3.05) is 39.3 Å². The number of halogens is 2. The zero-order valence-corrected chi connectivity index (χ0v) is 12.4. The van der Waals surface area contributed by atoms with Gasteiger partial charge in [-0.1, -0.05) is 13.8 Å². The standard InChI is InChI=1S/C11H23N3O.2ClH/c1-10(2)9-13-5-7-14(8-6-13)11(15)3-4-12;;/h10H,3-9,12H2,1-2H3;2*1H. The van der Waals surface area contributed by atoms with Gasteiger partial charge in [0.25, 0.3) is 0 Å². The Morgan fingerprint density at radius 3 is 2.12 bits per heavy atom. The first kappa shape index (κ1) is 19.3. The maximum Gasteiger partial charge on any atom is 0.223 e. The molecule has 6 heteroatoms. The molecule has 0 aromatic carbocycles. The van der Waals surface area contributed by atoms with E-state index in [4.69, 9.17) is 5.73 Å². The lowest BCUT2D eigenvalue weighted by molar-refractivity contribution is -0.132. The summed E-state index contributed by atoms with van der Waals surface area (Å²) in [6.45, 7) is 9.81. The van der Waals surface area contributed by atoms with Crippen LogP contribution in [0.4, 0.5) is 0 Å². The molecule has 0 unspecified atom stereocenters. The van der Waals surface area contributed by atoms with Crippen molar-refractivity contribution in [1.29, 1.82) is 0 Å². The van der Waals surface area contributed by atoms with Crippen LogP contribution in [-0.2, 0) is 4.79 Å². The molecule has 4 nitrogen and oxygen atoms in total. The minimum Gasteiger partial charge on any atom is -0.340 e. The molecule has 0 aromatic rings. The first-order valence-corrected chi connectivity index (χ1v) is 5.83. The Morgan fingerprint density at radius 2 is 1.71 bits per heavy atom. The number of amides is 1. The molecule has 0 aliphatic carbocycles. The summed E-state index contributed by atoms with van der Waals surface area (Å²) in [5.41, 5.74) is 5.37. The molecule has 0 radical (unpaired) electrons. The molecule has 17 heavy (non-hydrogen) atoms. The molecular formula is C11H25Cl2N3O.